The summed E-state index contributed by atoms with van der Waals surface area (Å²) in [7, 11) is 1.99. The van der Waals surface area contributed by atoms with Crippen molar-refractivity contribution in [2.45, 2.75) is 25.9 Å². The van der Waals surface area contributed by atoms with E-state index in [1.165, 1.54) is 6.42 Å². The van der Waals surface area contributed by atoms with Crippen molar-refractivity contribution >= 4 is 17.2 Å². The van der Waals surface area contributed by atoms with Crippen LogP contribution < -0.4 is 10.1 Å². The van der Waals surface area contributed by atoms with Gasteiger partial charge in [-0.1, -0.05) is 12.1 Å². The second-order valence-corrected chi connectivity index (χ2v) is 7.11. The normalized spacial score (nSPS) is 15.3. The van der Waals surface area contributed by atoms with Crippen LogP contribution in [0.4, 0.5) is 0 Å². The average Bonchev–Trinajstić information content (AvgIpc) is 3.18. The van der Waals surface area contributed by atoms with Crippen molar-refractivity contribution in [2.24, 2.45) is 5.92 Å². The lowest BCUT2D eigenvalue weighted by atomic mass is 9.93. The maximum Gasteiger partial charge on any atom is 0.257 e. The molecule has 134 valence electrons. The number of thiazole rings is 1. The van der Waals surface area contributed by atoms with Crippen molar-refractivity contribution in [2.75, 3.05) is 26.7 Å². The van der Waals surface area contributed by atoms with Gasteiger partial charge in [0, 0.05) is 18.5 Å². The molecule has 5 nitrogen and oxygen atoms in total. The van der Waals surface area contributed by atoms with Crippen molar-refractivity contribution in [3.05, 3.63) is 46.4 Å². The molecule has 0 saturated carbocycles. The summed E-state index contributed by atoms with van der Waals surface area (Å²) in [6, 6.07) is 7.50. The number of benzene rings is 1. The Bertz CT molecular complexity index is 667. The third-order valence-electron chi connectivity index (χ3n) is 4.68. The van der Waals surface area contributed by atoms with Crippen molar-refractivity contribution in [3.8, 4) is 5.75 Å². The number of carbonyl (C=O) groups is 1. The molecule has 2 heterocycles. The Morgan fingerprint density at radius 3 is 2.88 bits per heavy atom. The van der Waals surface area contributed by atoms with Crippen LogP contribution in [0, 0.1) is 5.92 Å². The summed E-state index contributed by atoms with van der Waals surface area (Å²) in [4.78, 5) is 19.1. The lowest BCUT2D eigenvalue weighted by Gasteiger charge is -2.32. The molecule has 1 saturated heterocycles. The van der Waals surface area contributed by atoms with Gasteiger partial charge in [0.25, 0.3) is 5.91 Å². The Labute approximate surface area is 153 Å². The third kappa shape index (κ3) is 4.80. The van der Waals surface area contributed by atoms with Gasteiger partial charge in [0.2, 0.25) is 0 Å². The number of nitrogens with one attached hydrogen (secondary N) is 1. The van der Waals surface area contributed by atoms with Gasteiger partial charge in [0.1, 0.15) is 12.4 Å². The van der Waals surface area contributed by atoms with E-state index >= 15 is 0 Å². The summed E-state index contributed by atoms with van der Waals surface area (Å²) < 4.78 is 5.86. The van der Waals surface area contributed by atoms with Crippen LogP contribution in [-0.4, -0.2) is 42.5 Å². The third-order valence-corrected chi connectivity index (χ3v) is 5.32. The predicted octanol–water partition coefficient (Wildman–Crippen LogP) is 3.18. The minimum Gasteiger partial charge on any atom is -0.486 e. The van der Waals surface area contributed by atoms with E-state index in [0.29, 0.717) is 23.8 Å². The molecule has 0 spiro atoms. The quantitative estimate of drug-likeness (QED) is 0.825. The Hall–Kier alpha value is -1.92. The van der Waals surface area contributed by atoms with E-state index < -0.39 is 0 Å². The number of rotatable bonds is 7. The molecule has 0 bridgehead atoms. The van der Waals surface area contributed by atoms with Gasteiger partial charge in [-0.2, -0.15) is 0 Å². The van der Waals surface area contributed by atoms with Gasteiger partial charge >= 0.3 is 0 Å². The van der Waals surface area contributed by atoms with Gasteiger partial charge in [0.15, 0.2) is 0 Å². The average molecular weight is 359 g/mol. The maximum absolute atomic E-state index is 12.9. The number of para-hydroxylation sites is 1. The number of ether oxygens (including phenoxy) is 1. The maximum atomic E-state index is 12.9. The van der Waals surface area contributed by atoms with E-state index in [4.69, 9.17) is 4.74 Å². The topological polar surface area (TPSA) is 54.5 Å². The summed E-state index contributed by atoms with van der Waals surface area (Å²) >= 11 is 1.54. The minimum absolute atomic E-state index is 0.0703. The zero-order valence-electron chi connectivity index (χ0n) is 14.6. The van der Waals surface area contributed by atoms with E-state index in [9.17, 15) is 4.79 Å². The largest absolute Gasteiger partial charge is 0.486 e. The summed E-state index contributed by atoms with van der Waals surface area (Å²) in [5.41, 5.74) is 3.32. The highest BCUT2D eigenvalue weighted by atomic mass is 32.1. The van der Waals surface area contributed by atoms with Crippen molar-refractivity contribution in [1.82, 2.24) is 15.2 Å². The monoisotopic (exact) mass is 359 g/mol. The van der Waals surface area contributed by atoms with Crippen molar-refractivity contribution in [3.63, 3.8) is 0 Å². The van der Waals surface area contributed by atoms with Crippen LogP contribution in [0.15, 0.2) is 35.2 Å². The Morgan fingerprint density at radius 2 is 2.16 bits per heavy atom. The molecule has 0 aliphatic carbocycles. The molecular formula is C19H25N3O2S. The van der Waals surface area contributed by atoms with Crippen LogP contribution >= 0.6 is 11.3 Å². The van der Waals surface area contributed by atoms with Crippen LogP contribution in [-0.2, 0) is 6.61 Å². The molecule has 1 fully saturated rings. The molecule has 25 heavy (non-hydrogen) atoms. The molecule has 1 aromatic carbocycles. The Balaban J connectivity index is 1.60. The molecule has 1 aromatic heterocycles. The zero-order valence-corrected chi connectivity index (χ0v) is 15.4. The minimum atomic E-state index is 0.0703. The first-order valence-corrected chi connectivity index (χ1v) is 9.75. The number of hydrogen-bond acceptors (Lipinski definition) is 5. The second kappa shape index (κ2) is 8.97. The van der Waals surface area contributed by atoms with Crippen LogP contribution in [0.1, 0.15) is 35.3 Å². The number of likely N-dealkylation sites (tertiary alicyclic amines) is 1. The predicted molar refractivity (Wildman–Crippen MR) is 100 cm³/mol. The lowest BCUT2D eigenvalue weighted by molar-refractivity contribution is 0.0682. The van der Waals surface area contributed by atoms with Crippen LogP contribution in [0.3, 0.4) is 0 Å². The fourth-order valence-electron chi connectivity index (χ4n) is 3.17. The number of nitrogens with zero attached hydrogens (tertiary/aromatic N) is 2. The van der Waals surface area contributed by atoms with Gasteiger partial charge < -0.3 is 15.0 Å². The Kier molecular flexibility index (Phi) is 6.42. The van der Waals surface area contributed by atoms with Gasteiger partial charge in [-0.25, -0.2) is 4.98 Å². The Morgan fingerprint density at radius 1 is 1.36 bits per heavy atom. The summed E-state index contributed by atoms with van der Waals surface area (Å²) in [5.74, 6) is 1.42. The van der Waals surface area contributed by atoms with Gasteiger partial charge in [-0.15, -0.1) is 11.3 Å². The highest BCUT2D eigenvalue weighted by molar-refractivity contribution is 7.07. The van der Waals surface area contributed by atoms with Crippen LogP contribution in [0.2, 0.25) is 0 Å². The van der Waals surface area contributed by atoms with E-state index in [-0.39, 0.29) is 5.91 Å². The second-order valence-electron chi connectivity index (χ2n) is 6.39. The zero-order chi connectivity index (χ0) is 17.5. The smallest absolute Gasteiger partial charge is 0.257 e. The number of amides is 1. The lowest BCUT2D eigenvalue weighted by Crippen LogP contribution is -2.39. The molecule has 1 N–H and O–H groups in total. The highest BCUT2D eigenvalue weighted by Gasteiger charge is 2.25. The molecule has 1 amide bonds. The van der Waals surface area contributed by atoms with Crippen molar-refractivity contribution in [1.29, 1.82) is 0 Å². The SMILES string of the molecule is CNCCC1CCN(C(=O)c2ccccc2OCc2cscn2)CC1. The molecule has 1 aliphatic heterocycles. The number of aromatic nitrogens is 1. The molecular weight excluding hydrogens is 334 g/mol. The summed E-state index contributed by atoms with van der Waals surface area (Å²) in [5, 5.41) is 5.17. The molecule has 6 heteroatoms. The van der Waals surface area contributed by atoms with E-state index in [1.807, 2.05) is 41.6 Å². The molecule has 0 radical (unpaired) electrons. The van der Waals surface area contributed by atoms with E-state index in [0.717, 1.165) is 38.2 Å². The summed E-state index contributed by atoms with van der Waals surface area (Å²) in [6.45, 7) is 3.09. The molecule has 3 rings (SSSR count). The fraction of sp³-hybridized carbons (Fsp3) is 0.474. The fourth-order valence-corrected chi connectivity index (χ4v) is 3.72. The number of hydrogen-bond donors (Lipinski definition) is 1. The summed E-state index contributed by atoms with van der Waals surface area (Å²) in [6.07, 6.45) is 3.34. The van der Waals surface area contributed by atoms with Crippen LogP contribution in [0.5, 0.6) is 5.75 Å². The first-order valence-electron chi connectivity index (χ1n) is 8.80. The standard InChI is InChI=1S/C19H25N3O2S/c1-20-9-6-15-7-10-22(11-8-15)19(23)17-4-2-3-5-18(17)24-12-16-13-25-14-21-16/h2-5,13-15,20H,6-12H2,1H3. The van der Waals surface area contributed by atoms with E-state index in [2.05, 4.69) is 10.3 Å². The van der Waals surface area contributed by atoms with Gasteiger partial charge in [0.05, 0.1) is 16.8 Å². The van der Waals surface area contributed by atoms with Crippen molar-refractivity contribution < 1.29 is 9.53 Å². The first-order chi connectivity index (χ1) is 12.3. The van der Waals surface area contributed by atoms with Gasteiger partial charge in [-0.3, -0.25) is 4.79 Å². The molecule has 0 atom stereocenters. The number of piperidine rings is 1. The molecule has 2 aromatic rings. The molecule has 1 aliphatic rings. The van der Waals surface area contributed by atoms with Gasteiger partial charge in [-0.05, 0) is 50.9 Å². The first kappa shape index (κ1) is 17.9. The van der Waals surface area contributed by atoms with Crippen LogP contribution in [0.25, 0.3) is 0 Å². The highest BCUT2D eigenvalue weighted by Crippen LogP contribution is 2.25. The molecule has 0 unspecified atom stereocenters. The van der Waals surface area contributed by atoms with E-state index in [1.54, 1.807) is 16.8 Å². The number of carbonyl (C=O) groups excluding carboxylic acids is 1.